The molecule has 1 N–H and O–H groups in total. The summed E-state index contributed by atoms with van der Waals surface area (Å²) in [5.41, 5.74) is 2.95. The molecule has 0 saturated carbocycles. The van der Waals surface area contributed by atoms with Gasteiger partial charge >= 0.3 is 0 Å². The number of nitrogens with one attached hydrogen (secondary N) is 1. The number of aryl methyl sites for hydroxylation is 2. The van der Waals surface area contributed by atoms with Crippen LogP contribution in [0.3, 0.4) is 0 Å². The van der Waals surface area contributed by atoms with Crippen LogP contribution in [0.15, 0.2) is 71.6 Å². The first kappa shape index (κ1) is 32.4. The molecule has 0 fully saturated rings. The third-order valence-corrected chi connectivity index (χ3v) is 9.47. The van der Waals surface area contributed by atoms with E-state index in [1.54, 1.807) is 12.1 Å². The quantitative estimate of drug-likeness (QED) is 0.250. The van der Waals surface area contributed by atoms with Crippen LogP contribution in [0, 0.1) is 13.8 Å². The number of nitrogens with zero attached hydrogens (tertiary/aromatic N) is 2. The predicted molar refractivity (Wildman–Crippen MR) is 166 cm³/mol. The van der Waals surface area contributed by atoms with E-state index in [-0.39, 0.29) is 39.1 Å². The van der Waals surface area contributed by atoms with Gasteiger partial charge in [0.1, 0.15) is 12.6 Å². The number of carbonyl (C=O) groups excluding carboxylic acids is 2. The van der Waals surface area contributed by atoms with E-state index in [2.05, 4.69) is 5.32 Å². The van der Waals surface area contributed by atoms with Gasteiger partial charge in [0.15, 0.2) is 0 Å². The molecule has 0 aliphatic rings. The number of hydrogen-bond donors (Lipinski definition) is 1. The largest absolute Gasteiger partial charge is 0.352 e. The van der Waals surface area contributed by atoms with Crippen molar-refractivity contribution in [1.29, 1.82) is 0 Å². The summed E-state index contributed by atoms with van der Waals surface area (Å²) in [6.07, 6.45) is 1.07. The molecule has 0 aliphatic carbocycles. The smallest absolute Gasteiger partial charge is 0.264 e. The van der Waals surface area contributed by atoms with Gasteiger partial charge in [-0.15, -0.1) is 0 Å². The Kier molecular flexibility index (Phi) is 11.2. The van der Waals surface area contributed by atoms with Gasteiger partial charge < -0.3 is 10.2 Å². The number of anilines is 1. The Hall–Kier alpha value is -3.07. The lowest BCUT2D eigenvalue weighted by Crippen LogP contribution is -2.53. The van der Waals surface area contributed by atoms with Crippen LogP contribution in [0.2, 0.25) is 10.0 Å². The maximum absolute atomic E-state index is 14.1. The van der Waals surface area contributed by atoms with Crippen LogP contribution < -0.4 is 9.62 Å². The number of rotatable bonds is 12. The predicted octanol–water partition coefficient (Wildman–Crippen LogP) is 6.53. The second-order valence-corrected chi connectivity index (χ2v) is 12.8. The van der Waals surface area contributed by atoms with E-state index in [0.717, 1.165) is 27.4 Å². The van der Waals surface area contributed by atoms with Crippen molar-refractivity contribution in [3.8, 4) is 0 Å². The van der Waals surface area contributed by atoms with E-state index in [1.807, 2.05) is 58.9 Å². The van der Waals surface area contributed by atoms with Gasteiger partial charge in [-0.25, -0.2) is 8.42 Å². The van der Waals surface area contributed by atoms with E-state index >= 15 is 0 Å². The maximum atomic E-state index is 14.1. The Morgan fingerprint density at radius 3 is 1.98 bits per heavy atom. The molecule has 41 heavy (non-hydrogen) atoms. The van der Waals surface area contributed by atoms with Gasteiger partial charge in [0.05, 0.1) is 20.6 Å². The summed E-state index contributed by atoms with van der Waals surface area (Å²) >= 11 is 12.4. The molecular formula is C31H37Cl2N3O4S. The van der Waals surface area contributed by atoms with Crippen molar-refractivity contribution >= 4 is 50.7 Å². The molecule has 0 heterocycles. The van der Waals surface area contributed by atoms with Crippen LogP contribution in [0.1, 0.15) is 50.3 Å². The molecule has 0 aliphatic heterocycles. The molecule has 3 aromatic carbocycles. The van der Waals surface area contributed by atoms with Crippen molar-refractivity contribution in [1.82, 2.24) is 10.2 Å². The molecule has 3 aromatic rings. The van der Waals surface area contributed by atoms with Crippen molar-refractivity contribution in [3.05, 3.63) is 93.5 Å². The summed E-state index contributed by atoms with van der Waals surface area (Å²) in [5, 5.41) is 3.38. The highest BCUT2D eigenvalue weighted by atomic mass is 35.5. The van der Waals surface area contributed by atoms with Crippen LogP contribution >= 0.6 is 23.2 Å². The fourth-order valence-electron chi connectivity index (χ4n) is 4.26. The van der Waals surface area contributed by atoms with E-state index < -0.39 is 28.5 Å². The van der Waals surface area contributed by atoms with Gasteiger partial charge in [-0.05, 0) is 69.5 Å². The van der Waals surface area contributed by atoms with Gasteiger partial charge in [0, 0.05) is 12.6 Å². The summed E-state index contributed by atoms with van der Waals surface area (Å²) in [4.78, 5) is 29.0. The van der Waals surface area contributed by atoms with E-state index in [9.17, 15) is 18.0 Å². The first-order valence-corrected chi connectivity index (χ1v) is 15.8. The second kappa shape index (κ2) is 14.2. The molecule has 220 valence electrons. The Bertz CT molecular complexity index is 1460. The lowest BCUT2D eigenvalue weighted by Gasteiger charge is -2.33. The Labute approximate surface area is 253 Å². The number of halogens is 2. The van der Waals surface area contributed by atoms with Crippen molar-refractivity contribution in [2.24, 2.45) is 0 Å². The van der Waals surface area contributed by atoms with Crippen LogP contribution in [0.5, 0.6) is 0 Å². The lowest BCUT2D eigenvalue weighted by atomic mass is 10.1. The van der Waals surface area contributed by atoms with Crippen LogP contribution in [-0.2, 0) is 26.2 Å². The minimum Gasteiger partial charge on any atom is -0.352 e. The standard InChI is InChI=1S/C31H37Cl2N3O4S/c1-6-23(5)34-31(38)29(7-2)35(19-24-12-8-21(3)9-13-24)30(37)20-36(25-14-17-27(32)28(33)18-25)41(39,40)26-15-10-22(4)11-16-26/h8-18,23,29H,6-7,19-20H2,1-5H3,(H,34,38)/t23-,29+/m0/s1. The average molecular weight is 619 g/mol. The Balaban J connectivity index is 2.08. The molecule has 0 unspecified atom stereocenters. The summed E-state index contributed by atoms with van der Waals surface area (Å²) in [6, 6.07) is 17.6. The van der Waals surface area contributed by atoms with Gasteiger partial charge in [0.25, 0.3) is 10.0 Å². The number of benzene rings is 3. The minimum absolute atomic E-state index is 0.0219. The van der Waals surface area contributed by atoms with Gasteiger partial charge in [-0.2, -0.15) is 0 Å². The Morgan fingerprint density at radius 2 is 1.44 bits per heavy atom. The van der Waals surface area contributed by atoms with Crippen LogP contribution in [0.4, 0.5) is 5.69 Å². The highest BCUT2D eigenvalue weighted by Crippen LogP contribution is 2.31. The zero-order valence-electron chi connectivity index (χ0n) is 24.0. The highest BCUT2D eigenvalue weighted by molar-refractivity contribution is 7.92. The molecule has 3 rings (SSSR count). The summed E-state index contributed by atoms with van der Waals surface area (Å²) < 4.78 is 28.9. The van der Waals surface area contributed by atoms with Crippen LogP contribution in [0.25, 0.3) is 0 Å². The summed E-state index contributed by atoms with van der Waals surface area (Å²) in [7, 11) is -4.20. The minimum atomic E-state index is -4.20. The zero-order chi connectivity index (χ0) is 30.3. The van der Waals surface area contributed by atoms with Crippen LogP contribution in [-0.4, -0.2) is 43.8 Å². The van der Waals surface area contributed by atoms with E-state index in [0.29, 0.717) is 6.42 Å². The summed E-state index contributed by atoms with van der Waals surface area (Å²) in [6.45, 7) is 9.10. The molecule has 0 aromatic heterocycles. The van der Waals surface area contributed by atoms with Crippen molar-refractivity contribution < 1.29 is 18.0 Å². The molecule has 2 atom stereocenters. The SMILES string of the molecule is CC[C@H](C(=O)N[C@@H](C)CC)N(Cc1ccc(C)cc1)C(=O)CN(c1ccc(Cl)c(Cl)c1)S(=O)(=O)c1ccc(C)cc1. The topological polar surface area (TPSA) is 86.8 Å². The molecular weight excluding hydrogens is 581 g/mol. The highest BCUT2D eigenvalue weighted by Gasteiger charge is 2.34. The molecule has 2 amide bonds. The second-order valence-electron chi connectivity index (χ2n) is 10.2. The summed E-state index contributed by atoms with van der Waals surface area (Å²) in [5.74, 6) is -0.816. The molecule has 0 radical (unpaired) electrons. The first-order valence-electron chi connectivity index (χ1n) is 13.6. The Morgan fingerprint density at radius 1 is 0.854 bits per heavy atom. The fraction of sp³-hybridized carbons (Fsp3) is 0.355. The van der Waals surface area contributed by atoms with Gasteiger partial charge in [-0.3, -0.25) is 13.9 Å². The lowest BCUT2D eigenvalue weighted by molar-refractivity contribution is -0.140. The molecule has 0 spiro atoms. The molecule has 0 saturated heterocycles. The van der Waals surface area contributed by atoms with Crippen molar-refractivity contribution in [3.63, 3.8) is 0 Å². The number of hydrogen-bond acceptors (Lipinski definition) is 4. The first-order chi connectivity index (χ1) is 19.4. The third kappa shape index (κ3) is 8.24. The average Bonchev–Trinajstić information content (AvgIpc) is 2.94. The van der Waals surface area contributed by atoms with Gasteiger partial charge in [-0.1, -0.05) is 84.6 Å². The molecule has 0 bridgehead atoms. The fourth-order valence-corrected chi connectivity index (χ4v) is 5.96. The monoisotopic (exact) mass is 617 g/mol. The molecule has 10 heteroatoms. The number of sulfonamides is 1. The van der Waals surface area contributed by atoms with Crippen molar-refractivity contribution in [2.45, 2.75) is 71.0 Å². The normalized spacial score (nSPS) is 12.9. The van der Waals surface area contributed by atoms with E-state index in [4.69, 9.17) is 23.2 Å². The third-order valence-electron chi connectivity index (χ3n) is 6.94. The van der Waals surface area contributed by atoms with Crippen molar-refractivity contribution in [2.75, 3.05) is 10.8 Å². The van der Waals surface area contributed by atoms with Gasteiger partial charge in [0.2, 0.25) is 11.8 Å². The number of amides is 2. The maximum Gasteiger partial charge on any atom is 0.264 e. The molecule has 7 nitrogen and oxygen atoms in total. The number of carbonyl (C=O) groups is 2. The van der Waals surface area contributed by atoms with E-state index in [1.165, 1.54) is 35.2 Å². The zero-order valence-corrected chi connectivity index (χ0v) is 26.4.